The van der Waals surface area contributed by atoms with Crippen LogP contribution in [0.5, 0.6) is 0 Å². The minimum absolute atomic E-state index is 0.372. The standard InChI is InChI=1S/C13H10BrN3O/c1-8-3-4-10(14)5-11(8)12-9(6-15)7-17(2)13(18)16-12/h3-5,7H,1-2H3. The summed E-state index contributed by atoms with van der Waals surface area (Å²) in [5.74, 6) is 0. The molecule has 18 heavy (non-hydrogen) atoms. The van der Waals surface area contributed by atoms with Gasteiger partial charge in [-0.3, -0.25) is 0 Å². The summed E-state index contributed by atoms with van der Waals surface area (Å²) in [6.07, 6.45) is 1.50. The number of aryl methyl sites for hydroxylation is 2. The zero-order valence-electron chi connectivity index (χ0n) is 9.94. The van der Waals surface area contributed by atoms with Crippen molar-refractivity contribution in [3.63, 3.8) is 0 Å². The molecule has 0 N–H and O–H groups in total. The Bertz CT molecular complexity index is 713. The van der Waals surface area contributed by atoms with Crippen molar-refractivity contribution in [3.05, 3.63) is 50.5 Å². The van der Waals surface area contributed by atoms with Gasteiger partial charge in [-0.2, -0.15) is 10.2 Å². The van der Waals surface area contributed by atoms with Crippen LogP contribution in [0, 0.1) is 18.3 Å². The molecule has 0 fully saturated rings. The van der Waals surface area contributed by atoms with Gasteiger partial charge in [0.2, 0.25) is 0 Å². The molecule has 0 aliphatic heterocycles. The lowest BCUT2D eigenvalue weighted by molar-refractivity contribution is 0.809. The first-order chi connectivity index (χ1) is 8.52. The summed E-state index contributed by atoms with van der Waals surface area (Å²) in [6.45, 7) is 1.92. The fraction of sp³-hybridized carbons (Fsp3) is 0.154. The zero-order chi connectivity index (χ0) is 13.3. The van der Waals surface area contributed by atoms with E-state index in [4.69, 9.17) is 5.26 Å². The maximum atomic E-state index is 11.6. The highest BCUT2D eigenvalue weighted by Crippen LogP contribution is 2.26. The largest absolute Gasteiger partial charge is 0.347 e. The molecule has 0 unspecified atom stereocenters. The predicted molar refractivity (Wildman–Crippen MR) is 72.1 cm³/mol. The predicted octanol–water partition coefficient (Wildman–Crippen LogP) is 2.39. The van der Waals surface area contributed by atoms with Gasteiger partial charge in [-0.25, -0.2) is 4.79 Å². The summed E-state index contributed by atoms with van der Waals surface area (Å²) in [5.41, 5.74) is 2.20. The van der Waals surface area contributed by atoms with Gasteiger partial charge in [0.25, 0.3) is 0 Å². The minimum atomic E-state index is -0.372. The van der Waals surface area contributed by atoms with E-state index < -0.39 is 0 Å². The number of hydrogen-bond acceptors (Lipinski definition) is 3. The van der Waals surface area contributed by atoms with Gasteiger partial charge in [0.1, 0.15) is 6.07 Å². The molecule has 5 heteroatoms. The zero-order valence-corrected chi connectivity index (χ0v) is 11.5. The number of aromatic nitrogens is 2. The van der Waals surface area contributed by atoms with E-state index in [0.717, 1.165) is 15.6 Å². The Morgan fingerprint density at radius 1 is 1.44 bits per heavy atom. The van der Waals surface area contributed by atoms with Crippen LogP contribution >= 0.6 is 15.9 Å². The quantitative estimate of drug-likeness (QED) is 0.813. The third kappa shape index (κ3) is 2.20. The third-order valence-corrected chi connectivity index (χ3v) is 3.16. The van der Waals surface area contributed by atoms with Crippen molar-refractivity contribution < 1.29 is 0 Å². The van der Waals surface area contributed by atoms with Crippen LogP contribution < -0.4 is 5.69 Å². The summed E-state index contributed by atoms with van der Waals surface area (Å²) in [4.78, 5) is 15.6. The average molecular weight is 304 g/mol. The molecule has 4 nitrogen and oxygen atoms in total. The Morgan fingerprint density at radius 3 is 2.83 bits per heavy atom. The molecule has 0 amide bonds. The number of rotatable bonds is 1. The lowest BCUT2D eigenvalue weighted by Gasteiger charge is -2.08. The molecule has 2 rings (SSSR count). The summed E-state index contributed by atoms with van der Waals surface area (Å²) in [6, 6.07) is 7.76. The second kappa shape index (κ2) is 4.75. The van der Waals surface area contributed by atoms with Gasteiger partial charge in [0.05, 0.1) is 11.3 Å². The Hall–Kier alpha value is -1.93. The summed E-state index contributed by atoms with van der Waals surface area (Å²) < 4.78 is 2.18. The van der Waals surface area contributed by atoms with E-state index in [2.05, 4.69) is 27.0 Å². The highest BCUT2D eigenvalue weighted by atomic mass is 79.9. The molecule has 2 aromatic rings. The van der Waals surface area contributed by atoms with Crippen LogP contribution in [0.25, 0.3) is 11.3 Å². The highest BCUT2D eigenvalue weighted by molar-refractivity contribution is 9.10. The van der Waals surface area contributed by atoms with Gasteiger partial charge in [-0.1, -0.05) is 22.0 Å². The van der Waals surface area contributed by atoms with Crippen molar-refractivity contribution in [1.82, 2.24) is 9.55 Å². The van der Waals surface area contributed by atoms with Crippen LogP contribution in [-0.4, -0.2) is 9.55 Å². The van der Waals surface area contributed by atoms with Crippen LogP contribution in [-0.2, 0) is 7.05 Å². The van der Waals surface area contributed by atoms with E-state index in [0.29, 0.717) is 11.3 Å². The molecule has 0 saturated heterocycles. The fourth-order valence-electron chi connectivity index (χ4n) is 1.68. The van der Waals surface area contributed by atoms with E-state index >= 15 is 0 Å². The molecule has 0 spiro atoms. The van der Waals surface area contributed by atoms with E-state index in [1.807, 2.05) is 25.1 Å². The van der Waals surface area contributed by atoms with Crippen molar-refractivity contribution in [2.45, 2.75) is 6.92 Å². The van der Waals surface area contributed by atoms with Crippen molar-refractivity contribution in [1.29, 1.82) is 5.26 Å². The number of hydrogen-bond donors (Lipinski definition) is 0. The highest BCUT2D eigenvalue weighted by Gasteiger charge is 2.12. The second-order valence-electron chi connectivity index (χ2n) is 3.97. The molecule has 1 heterocycles. The third-order valence-electron chi connectivity index (χ3n) is 2.66. The van der Waals surface area contributed by atoms with Crippen molar-refractivity contribution in [2.24, 2.45) is 7.05 Å². The molecule has 0 atom stereocenters. The monoisotopic (exact) mass is 303 g/mol. The van der Waals surface area contributed by atoms with Gasteiger partial charge in [0.15, 0.2) is 0 Å². The molecule has 90 valence electrons. The van der Waals surface area contributed by atoms with Gasteiger partial charge in [-0.05, 0) is 24.6 Å². The molecular formula is C13H10BrN3O. The van der Waals surface area contributed by atoms with Crippen LogP contribution in [0.4, 0.5) is 0 Å². The van der Waals surface area contributed by atoms with Gasteiger partial charge in [0, 0.05) is 23.3 Å². The fourth-order valence-corrected chi connectivity index (χ4v) is 2.04. The second-order valence-corrected chi connectivity index (χ2v) is 4.88. The normalized spacial score (nSPS) is 10.1. The minimum Gasteiger partial charge on any atom is -0.301 e. The summed E-state index contributed by atoms with van der Waals surface area (Å²) in [7, 11) is 1.58. The molecule has 0 aliphatic carbocycles. The number of nitrogens with zero attached hydrogens (tertiary/aromatic N) is 3. The van der Waals surface area contributed by atoms with Crippen molar-refractivity contribution in [3.8, 4) is 17.3 Å². The van der Waals surface area contributed by atoms with E-state index in [1.54, 1.807) is 7.05 Å². The van der Waals surface area contributed by atoms with Crippen LogP contribution in [0.2, 0.25) is 0 Å². The topological polar surface area (TPSA) is 58.7 Å². The maximum Gasteiger partial charge on any atom is 0.347 e. The summed E-state index contributed by atoms with van der Waals surface area (Å²) >= 11 is 3.38. The van der Waals surface area contributed by atoms with Crippen LogP contribution in [0.15, 0.2) is 33.7 Å². The summed E-state index contributed by atoms with van der Waals surface area (Å²) in [5, 5.41) is 9.14. The molecule has 1 aromatic heterocycles. The Kier molecular flexibility index (Phi) is 3.30. The van der Waals surface area contributed by atoms with E-state index in [-0.39, 0.29) is 5.69 Å². The number of halogens is 1. The molecule has 0 saturated carbocycles. The molecular weight excluding hydrogens is 294 g/mol. The SMILES string of the molecule is Cc1ccc(Br)cc1-c1nc(=O)n(C)cc1C#N. The Morgan fingerprint density at radius 2 is 2.17 bits per heavy atom. The lowest BCUT2D eigenvalue weighted by atomic mass is 10.0. The first-order valence-electron chi connectivity index (χ1n) is 5.27. The van der Waals surface area contributed by atoms with Crippen LogP contribution in [0.3, 0.4) is 0 Å². The average Bonchev–Trinajstić information content (AvgIpc) is 2.35. The van der Waals surface area contributed by atoms with E-state index in [9.17, 15) is 4.79 Å². The number of benzene rings is 1. The smallest absolute Gasteiger partial charge is 0.301 e. The molecule has 1 aromatic carbocycles. The van der Waals surface area contributed by atoms with Crippen molar-refractivity contribution >= 4 is 15.9 Å². The molecule has 0 radical (unpaired) electrons. The molecule has 0 bridgehead atoms. The number of nitriles is 1. The maximum absolute atomic E-state index is 11.6. The first kappa shape index (κ1) is 12.5. The van der Waals surface area contributed by atoms with E-state index in [1.165, 1.54) is 10.8 Å². The van der Waals surface area contributed by atoms with Gasteiger partial charge in [-0.15, -0.1) is 0 Å². The molecule has 0 aliphatic rings. The van der Waals surface area contributed by atoms with Crippen LogP contribution in [0.1, 0.15) is 11.1 Å². The van der Waals surface area contributed by atoms with Crippen molar-refractivity contribution in [2.75, 3.05) is 0 Å². The Balaban J connectivity index is 2.79. The lowest BCUT2D eigenvalue weighted by Crippen LogP contribution is -2.21. The Labute approximate surface area is 113 Å². The van der Waals surface area contributed by atoms with Gasteiger partial charge < -0.3 is 4.57 Å². The van der Waals surface area contributed by atoms with Gasteiger partial charge >= 0.3 is 5.69 Å². The first-order valence-corrected chi connectivity index (χ1v) is 6.06.